The Labute approximate surface area is 184 Å². The molecule has 0 fully saturated rings. The maximum Gasteiger partial charge on any atom is 0.251 e. The summed E-state index contributed by atoms with van der Waals surface area (Å²) in [6.45, 7) is 6.48. The van der Waals surface area contributed by atoms with Crippen LogP contribution in [0.3, 0.4) is 0 Å². The molecule has 1 amide bonds. The van der Waals surface area contributed by atoms with E-state index in [1.807, 2.05) is 56.3 Å². The molecule has 0 saturated heterocycles. The molecule has 0 aliphatic heterocycles. The Balaban J connectivity index is 0.00000392. The second-order valence-electron chi connectivity index (χ2n) is 5.87. The molecule has 28 heavy (non-hydrogen) atoms. The van der Waals surface area contributed by atoms with Crippen molar-refractivity contribution in [3.05, 3.63) is 65.2 Å². The number of benzene rings is 2. The molecule has 7 heteroatoms. The van der Waals surface area contributed by atoms with Crippen molar-refractivity contribution in [1.82, 2.24) is 16.0 Å². The molecule has 0 heterocycles. The van der Waals surface area contributed by atoms with Gasteiger partial charge >= 0.3 is 0 Å². The van der Waals surface area contributed by atoms with Crippen LogP contribution in [-0.2, 0) is 13.1 Å². The first-order chi connectivity index (χ1) is 13.2. The Morgan fingerprint density at radius 3 is 2.57 bits per heavy atom. The van der Waals surface area contributed by atoms with Gasteiger partial charge in [0.05, 0.1) is 13.2 Å². The Morgan fingerprint density at radius 1 is 1.07 bits per heavy atom. The maximum atomic E-state index is 11.8. The van der Waals surface area contributed by atoms with Crippen molar-refractivity contribution in [2.75, 3.05) is 20.2 Å². The number of amides is 1. The van der Waals surface area contributed by atoms with Gasteiger partial charge in [0.1, 0.15) is 5.75 Å². The molecule has 0 bridgehead atoms. The molecule has 6 nitrogen and oxygen atoms in total. The number of guanidine groups is 1. The van der Waals surface area contributed by atoms with E-state index >= 15 is 0 Å². The van der Waals surface area contributed by atoms with Gasteiger partial charge in [0, 0.05) is 31.3 Å². The van der Waals surface area contributed by atoms with Gasteiger partial charge in [-0.2, -0.15) is 0 Å². The van der Waals surface area contributed by atoms with Gasteiger partial charge in [0.15, 0.2) is 5.96 Å². The van der Waals surface area contributed by atoms with Crippen LogP contribution >= 0.6 is 24.0 Å². The SMILES string of the molecule is CCNC(=NCc1cccc(C(=O)NC)c1)NCc1ccccc1OCC.I. The van der Waals surface area contributed by atoms with Crippen LogP contribution in [0, 0.1) is 0 Å². The Morgan fingerprint density at radius 2 is 1.86 bits per heavy atom. The molecular weight excluding hydrogens is 467 g/mol. The van der Waals surface area contributed by atoms with Crippen molar-refractivity contribution in [2.45, 2.75) is 26.9 Å². The number of nitrogens with one attached hydrogen (secondary N) is 3. The summed E-state index contributed by atoms with van der Waals surface area (Å²) in [7, 11) is 1.63. The lowest BCUT2D eigenvalue weighted by molar-refractivity contribution is 0.0963. The van der Waals surface area contributed by atoms with Crippen LogP contribution in [0.4, 0.5) is 0 Å². The molecule has 0 aromatic heterocycles. The third-order valence-electron chi connectivity index (χ3n) is 3.90. The lowest BCUT2D eigenvalue weighted by atomic mass is 10.1. The van der Waals surface area contributed by atoms with E-state index in [1.54, 1.807) is 13.1 Å². The molecule has 0 spiro atoms. The number of ether oxygens (including phenoxy) is 1. The first kappa shape index (κ1) is 23.7. The monoisotopic (exact) mass is 496 g/mol. The molecule has 0 atom stereocenters. The number of rotatable bonds is 8. The lowest BCUT2D eigenvalue weighted by Gasteiger charge is -2.14. The van der Waals surface area contributed by atoms with Crippen molar-refractivity contribution >= 4 is 35.8 Å². The van der Waals surface area contributed by atoms with E-state index in [-0.39, 0.29) is 29.9 Å². The van der Waals surface area contributed by atoms with Gasteiger partial charge in [0.25, 0.3) is 5.91 Å². The van der Waals surface area contributed by atoms with Crippen LogP contribution in [-0.4, -0.2) is 32.1 Å². The van der Waals surface area contributed by atoms with E-state index < -0.39 is 0 Å². The quantitative estimate of drug-likeness (QED) is 0.298. The molecule has 2 aromatic carbocycles. The number of halogens is 1. The molecule has 0 radical (unpaired) electrons. The lowest BCUT2D eigenvalue weighted by Crippen LogP contribution is -2.36. The van der Waals surface area contributed by atoms with Crippen LogP contribution in [0.25, 0.3) is 0 Å². The van der Waals surface area contributed by atoms with Crippen molar-refractivity contribution in [3.8, 4) is 5.75 Å². The first-order valence-electron chi connectivity index (χ1n) is 9.21. The van der Waals surface area contributed by atoms with Gasteiger partial charge in [-0.3, -0.25) is 4.79 Å². The fourth-order valence-electron chi connectivity index (χ4n) is 2.59. The van der Waals surface area contributed by atoms with Gasteiger partial charge in [-0.1, -0.05) is 30.3 Å². The van der Waals surface area contributed by atoms with E-state index in [0.29, 0.717) is 31.2 Å². The smallest absolute Gasteiger partial charge is 0.251 e. The molecule has 3 N–H and O–H groups in total. The average Bonchev–Trinajstić information content (AvgIpc) is 2.71. The van der Waals surface area contributed by atoms with Crippen molar-refractivity contribution in [1.29, 1.82) is 0 Å². The molecule has 0 aliphatic carbocycles. The number of carbonyl (C=O) groups is 1. The van der Waals surface area contributed by atoms with Crippen molar-refractivity contribution < 1.29 is 9.53 Å². The summed E-state index contributed by atoms with van der Waals surface area (Å²) < 4.78 is 5.67. The summed E-state index contributed by atoms with van der Waals surface area (Å²) in [6.07, 6.45) is 0. The Hall–Kier alpha value is -2.29. The number of hydrogen-bond acceptors (Lipinski definition) is 3. The molecule has 0 aliphatic rings. The fraction of sp³-hybridized carbons (Fsp3) is 0.333. The molecule has 2 aromatic rings. The minimum Gasteiger partial charge on any atom is -0.494 e. The minimum absolute atomic E-state index is 0. The largest absolute Gasteiger partial charge is 0.494 e. The molecular formula is C21H29IN4O2. The Bertz CT molecular complexity index is 781. The minimum atomic E-state index is -0.0987. The second kappa shape index (κ2) is 13.0. The van der Waals surface area contributed by atoms with Crippen LogP contribution in [0.5, 0.6) is 5.75 Å². The highest BCUT2D eigenvalue weighted by Crippen LogP contribution is 2.17. The summed E-state index contributed by atoms with van der Waals surface area (Å²) in [5.74, 6) is 1.49. The summed E-state index contributed by atoms with van der Waals surface area (Å²) in [5.41, 5.74) is 2.68. The van der Waals surface area contributed by atoms with E-state index in [4.69, 9.17) is 4.74 Å². The molecule has 152 valence electrons. The number of carbonyl (C=O) groups excluding carboxylic acids is 1. The fourth-order valence-corrected chi connectivity index (χ4v) is 2.59. The van der Waals surface area contributed by atoms with Gasteiger partial charge in [-0.05, 0) is 37.6 Å². The van der Waals surface area contributed by atoms with Crippen LogP contribution < -0.4 is 20.7 Å². The van der Waals surface area contributed by atoms with Gasteiger partial charge in [-0.15, -0.1) is 24.0 Å². The molecule has 0 saturated carbocycles. The van der Waals surface area contributed by atoms with Crippen molar-refractivity contribution in [2.24, 2.45) is 4.99 Å². The van der Waals surface area contributed by atoms with Crippen LogP contribution in [0.2, 0.25) is 0 Å². The van der Waals surface area contributed by atoms with Gasteiger partial charge < -0.3 is 20.7 Å². The van der Waals surface area contributed by atoms with Gasteiger partial charge in [0.2, 0.25) is 0 Å². The summed E-state index contributed by atoms with van der Waals surface area (Å²) in [4.78, 5) is 16.4. The number of hydrogen-bond donors (Lipinski definition) is 3. The van der Waals surface area contributed by atoms with E-state index in [0.717, 1.165) is 23.4 Å². The second-order valence-corrected chi connectivity index (χ2v) is 5.87. The van der Waals surface area contributed by atoms with E-state index in [9.17, 15) is 4.79 Å². The van der Waals surface area contributed by atoms with Gasteiger partial charge in [-0.25, -0.2) is 4.99 Å². The van der Waals surface area contributed by atoms with Crippen molar-refractivity contribution in [3.63, 3.8) is 0 Å². The summed E-state index contributed by atoms with van der Waals surface area (Å²) in [5, 5.41) is 9.21. The molecule has 2 rings (SSSR count). The molecule has 0 unspecified atom stereocenters. The normalized spacial score (nSPS) is 10.6. The van der Waals surface area contributed by atoms with E-state index in [2.05, 4.69) is 20.9 Å². The number of aliphatic imine (C=N–C) groups is 1. The highest BCUT2D eigenvalue weighted by atomic mass is 127. The van der Waals surface area contributed by atoms with E-state index in [1.165, 1.54) is 0 Å². The number of nitrogens with zero attached hydrogens (tertiary/aromatic N) is 1. The maximum absolute atomic E-state index is 11.8. The summed E-state index contributed by atoms with van der Waals surface area (Å²) >= 11 is 0. The average molecular weight is 496 g/mol. The topological polar surface area (TPSA) is 74.8 Å². The highest BCUT2D eigenvalue weighted by Gasteiger charge is 2.06. The highest BCUT2D eigenvalue weighted by molar-refractivity contribution is 14.0. The standard InChI is InChI=1S/C21H28N4O2.HI/c1-4-23-21(25-15-18-10-6-7-12-19(18)27-5-2)24-14-16-9-8-11-17(13-16)20(26)22-3;/h6-13H,4-5,14-15H2,1-3H3,(H,22,26)(H2,23,24,25);1H. The third-order valence-corrected chi connectivity index (χ3v) is 3.90. The van der Waals surface area contributed by atoms with Crippen LogP contribution in [0.15, 0.2) is 53.5 Å². The first-order valence-corrected chi connectivity index (χ1v) is 9.21. The Kier molecular flexibility index (Phi) is 11.0. The number of para-hydroxylation sites is 1. The zero-order chi connectivity index (χ0) is 19.5. The predicted octanol–water partition coefficient (Wildman–Crippen LogP) is 3.32. The predicted molar refractivity (Wildman–Crippen MR) is 125 cm³/mol. The van der Waals surface area contributed by atoms with Crippen LogP contribution in [0.1, 0.15) is 35.3 Å². The summed E-state index contributed by atoms with van der Waals surface area (Å²) in [6, 6.07) is 15.4. The zero-order valence-corrected chi connectivity index (χ0v) is 18.9. The zero-order valence-electron chi connectivity index (χ0n) is 16.6. The third kappa shape index (κ3) is 7.38.